The largest absolute Gasteiger partial charge is 0.489 e. The van der Waals surface area contributed by atoms with Crippen molar-refractivity contribution < 1.29 is 13.7 Å². The highest BCUT2D eigenvalue weighted by Gasteiger charge is 2.33. The Kier molecular flexibility index (Phi) is 5.54. The highest BCUT2D eigenvalue weighted by Crippen LogP contribution is 2.45. The van der Waals surface area contributed by atoms with E-state index >= 15 is 0 Å². The molecule has 1 aromatic heterocycles. The fraction of sp³-hybridized carbons (Fsp3) is 0.208. The average Bonchev–Trinajstić information content (AvgIpc) is 3.47. The molecule has 0 N–H and O–H groups in total. The first kappa shape index (κ1) is 19.5. The van der Waals surface area contributed by atoms with Crippen LogP contribution in [-0.2, 0) is 13.0 Å². The summed E-state index contributed by atoms with van der Waals surface area (Å²) in [5.74, 6) is 1.38. The molecule has 0 radical (unpaired) electrons. The molecule has 1 aliphatic carbocycles. The predicted octanol–water partition coefficient (Wildman–Crippen LogP) is 6.96. The molecule has 3 aromatic rings. The van der Waals surface area contributed by atoms with Crippen molar-refractivity contribution >= 4 is 17.7 Å². The van der Waals surface area contributed by atoms with Crippen LogP contribution >= 0.6 is 11.6 Å². The average molecular weight is 410 g/mol. The Bertz CT molecular complexity index is 1070. The van der Waals surface area contributed by atoms with E-state index in [2.05, 4.69) is 18.3 Å². The van der Waals surface area contributed by atoms with Crippen LogP contribution in [-0.4, -0.2) is 5.16 Å². The van der Waals surface area contributed by atoms with E-state index in [0.29, 0.717) is 34.4 Å². The first-order valence-corrected chi connectivity index (χ1v) is 9.92. The summed E-state index contributed by atoms with van der Waals surface area (Å²) in [6.45, 7) is 7.73. The number of rotatable bonds is 8. The van der Waals surface area contributed by atoms with Gasteiger partial charge >= 0.3 is 0 Å². The van der Waals surface area contributed by atoms with Gasteiger partial charge in [0.1, 0.15) is 29.6 Å². The van der Waals surface area contributed by atoms with E-state index in [1.54, 1.807) is 24.3 Å². The zero-order chi connectivity index (χ0) is 20.4. The van der Waals surface area contributed by atoms with Crippen molar-refractivity contribution in [3.8, 4) is 17.0 Å². The topological polar surface area (TPSA) is 35.3 Å². The molecule has 1 fully saturated rings. The lowest BCUT2D eigenvalue weighted by Crippen LogP contribution is -2.02. The van der Waals surface area contributed by atoms with Crippen LogP contribution in [0, 0.1) is 5.82 Å². The van der Waals surface area contributed by atoms with Crippen molar-refractivity contribution in [3.05, 3.63) is 88.9 Å². The summed E-state index contributed by atoms with van der Waals surface area (Å²) in [6, 6.07) is 10.4. The molecular formula is C24H21ClFNO2. The molecule has 148 valence electrons. The van der Waals surface area contributed by atoms with Crippen LogP contribution in [0.25, 0.3) is 17.3 Å². The number of ether oxygens (including phenoxy) is 1. The molecule has 0 aliphatic heterocycles. The molecule has 4 rings (SSSR count). The molecule has 0 unspecified atom stereocenters. The fourth-order valence-corrected chi connectivity index (χ4v) is 3.65. The zero-order valence-electron chi connectivity index (χ0n) is 16.0. The summed E-state index contributed by atoms with van der Waals surface area (Å²) in [5.41, 5.74) is 3.38. The van der Waals surface area contributed by atoms with Crippen molar-refractivity contribution in [2.75, 3.05) is 0 Å². The number of aromatic nitrogens is 1. The number of hydrogen-bond acceptors (Lipinski definition) is 3. The standard InChI is InChI=1S/C24H21ClFNO2/c1-3-6-16-7-5-8-21(26)22(16)23-19(24(29-27-23)17-9-10-17)14-28-18-12-11-15(4-2)20(25)13-18/h3-5,7-8,11-13,17H,1-2,6,9-10,14H2. The quantitative estimate of drug-likeness (QED) is 0.377. The van der Waals surface area contributed by atoms with E-state index in [9.17, 15) is 4.39 Å². The maximum absolute atomic E-state index is 14.8. The summed E-state index contributed by atoms with van der Waals surface area (Å²) >= 11 is 6.24. The van der Waals surface area contributed by atoms with Gasteiger partial charge in [0.05, 0.1) is 10.6 Å². The Morgan fingerprint density at radius 2 is 2.07 bits per heavy atom. The van der Waals surface area contributed by atoms with Gasteiger partial charge in [-0.05, 0) is 54.7 Å². The first-order chi connectivity index (χ1) is 14.1. The fourth-order valence-electron chi connectivity index (χ4n) is 3.40. The third-order valence-electron chi connectivity index (χ3n) is 5.04. The van der Waals surface area contributed by atoms with Gasteiger partial charge in [0.25, 0.3) is 0 Å². The maximum Gasteiger partial charge on any atom is 0.147 e. The minimum atomic E-state index is -0.334. The molecule has 3 nitrogen and oxygen atoms in total. The molecule has 1 aliphatic rings. The minimum absolute atomic E-state index is 0.219. The summed E-state index contributed by atoms with van der Waals surface area (Å²) in [6.07, 6.45) is 6.06. The normalized spacial score (nSPS) is 13.3. The van der Waals surface area contributed by atoms with Gasteiger partial charge in [0.2, 0.25) is 0 Å². The van der Waals surface area contributed by atoms with Crippen molar-refractivity contribution in [2.24, 2.45) is 0 Å². The second kappa shape index (κ2) is 8.26. The molecule has 1 heterocycles. The van der Waals surface area contributed by atoms with Gasteiger partial charge < -0.3 is 9.26 Å². The lowest BCUT2D eigenvalue weighted by Gasteiger charge is -2.11. The lowest BCUT2D eigenvalue weighted by molar-refractivity contribution is 0.300. The Morgan fingerprint density at radius 3 is 2.76 bits per heavy atom. The van der Waals surface area contributed by atoms with Gasteiger partial charge in [-0.25, -0.2) is 4.39 Å². The monoisotopic (exact) mass is 409 g/mol. The van der Waals surface area contributed by atoms with Crippen molar-refractivity contribution in [3.63, 3.8) is 0 Å². The number of allylic oxidation sites excluding steroid dienone is 1. The molecular weight excluding hydrogens is 389 g/mol. The van der Waals surface area contributed by atoms with Gasteiger partial charge in [-0.1, -0.05) is 47.6 Å². The van der Waals surface area contributed by atoms with E-state index < -0.39 is 0 Å². The SMILES string of the molecule is C=CCc1cccc(F)c1-c1noc(C2CC2)c1COc1ccc(C=C)c(Cl)c1. The molecule has 0 saturated heterocycles. The van der Waals surface area contributed by atoms with Crippen LogP contribution in [0.3, 0.4) is 0 Å². The molecule has 0 atom stereocenters. The second-order valence-corrected chi connectivity index (χ2v) is 7.50. The Balaban J connectivity index is 1.70. The van der Waals surface area contributed by atoms with Gasteiger partial charge in [0.15, 0.2) is 0 Å². The molecule has 1 saturated carbocycles. The van der Waals surface area contributed by atoms with Crippen LogP contribution in [0.2, 0.25) is 5.02 Å². The highest BCUT2D eigenvalue weighted by molar-refractivity contribution is 6.32. The van der Waals surface area contributed by atoms with Crippen LogP contribution in [0.15, 0.2) is 60.2 Å². The van der Waals surface area contributed by atoms with Gasteiger partial charge in [-0.3, -0.25) is 0 Å². The Hall–Kier alpha value is -2.85. The van der Waals surface area contributed by atoms with Crippen LogP contribution in [0.4, 0.5) is 4.39 Å². The molecule has 0 bridgehead atoms. The number of nitrogens with zero attached hydrogens (tertiary/aromatic N) is 1. The number of halogens is 2. The summed E-state index contributed by atoms with van der Waals surface area (Å²) < 4.78 is 26.4. The summed E-state index contributed by atoms with van der Waals surface area (Å²) in [4.78, 5) is 0. The minimum Gasteiger partial charge on any atom is -0.489 e. The molecule has 2 aromatic carbocycles. The highest BCUT2D eigenvalue weighted by atomic mass is 35.5. The number of benzene rings is 2. The smallest absolute Gasteiger partial charge is 0.147 e. The van der Waals surface area contributed by atoms with Crippen LogP contribution in [0.5, 0.6) is 5.75 Å². The van der Waals surface area contributed by atoms with E-state index in [4.69, 9.17) is 20.9 Å². The van der Waals surface area contributed by atoms with Crippen LogP contribution < -0.4 is 4.74 Å². The van der Waals surface area contributed by atoms with Crippen molar-refractivity contribution in [2.45, 2.75) is 31.8 Å². The molecule has 0 amide bonds. The summed E-state index contributed by atoms with van der Waals surface area (Å²) in [7, 11) is 0. The van der Waals surface area contributed by atoms with Crippen LogP contribution in [0.1, 0.15) is 41.2 Å². The van der Waals surface area contributed by atoms with Gasteiger partial charge in [0, 0.05) is 11.5 Å². The summed E-state index contributed by atoms with van der Waals surface area (Å²) in [5, 5.41) is 4.80. The Morgan fingerprint density at radius 1 is 1.24 bits per heavy atom. The van der Waals surface area contributed by atoms with E-state index in [-0.39, 0.29) is 12.4 Å². The van der Waals surface area contributed by atoms with E-state index in [1.807, 2.05) is 18.2 Å². The lowest BCUT2D eigenvalue weighted by atomic mass is 9.97. The second-order valence-electron chi connectivity index (χ2n) is 7.09. The van der Waals surface area contributed by atoms with E-state index in [1.165, 1.54) is 6.07 Å². The van der Waals surface area contributed by atoms with E-state index in [0.717, 1.165) is 35.3 Å². The third-order valence-corrected chi connectivity index (χ3v) is 5.37. The maximum atomic E-state index is 14.8. The molecule has 0 spiro atoms. The number of hydrogen-bond donors (Lipinski definition) is 0. The first-order valence-electron chi connectivity index (χ1n) is 9.54. The van der Waals surface area contributed by atoms with Crippen molar-refractivity contribution in [1.82, 2.24) is 5.16 Å². The predicted molar refractivity (Wildman–Crippen MR) is 114 cm³/mol. The zero-order valence-corrected chi connectivity index (χ0v) is 16.7. The third kappa shape index (κ3) is 3.99. The van der Waals surface area contributed by atoms with Gasteiger partial charge in [-0.2, -0.15) is 0 Å². The van der Waals surface area contributed by atoms with Crippen molar-refractivity contribution in [1.29, 1.82) is 0 Å². The molecule has 29 heavy (non-hydrogen) atoms. The Labute approximate surface area is 174 Å². The van der Waals surface area contributed by atoms with Gasteiger partial charge in [-0.15, -0.1) is 6.58 Å². The molecule has 5 heteroatoms.